The Hall–Kier alpha value is -2.97. The van der Waals surface area contributed by atoms with Gasteiger partial charge in [0.15, 0.2) is 11.5 Å². The first kappa shape index (κ1) is 19.0. The first-order valence-corrected chi connectivity index (χ1v) is 10.6. The molecule has 1 aromatic rings. The molecule has 1 aromatic carbocycles. The number of carbonyl (C=O) groups excluding carboxylic acids is 3. The van der Waals surface area contributed by atoms with Crippen molar-refractivity contribution in [2.24, 2.45) is 5.92 Å². The van der Waals surface area contributed by atoms with Gasteiger partial charge in [-0.3, -0.25) is 9.59 Å². The number of anilines is 1. The monoisotopic (exact) mass is 414 g/mol. The van der Waals surface area contributed by atoms with Crippen molar-refractivity contribution in [2.75, 3.05) is 51.3 Å². The van der Waals surface area contributed by atoms with E-state index in [1.54, 1.807) is 28.0 Å². The van der Waals surface area contributed by atoms with Crippen LogP contribution in [0, 0.1) is 5.92 Å². The fourth-order valence-electron chi connectivity index (χ4n) is 4.59. The summed E-state index contributed by atoms with van der Waals surface area (Å²) >= 11 is 0. The van der Waals surface area contributed by atoms with Crippen LogP contribution in [0.1, 0.15) is 19.3 Å². The second-order valence-corrected chi connectivity index (χ2v) is 8.33. The van der Waals surface area contributed by atoms with Crippen LogP contribution in [0.15, 0.2) is 18.2 Å². The molecule has 1 unspecified atom stereocenters. The first-order chi connectivity index (χ1) is 14.6. The molecule has 4 heterocycles. The van der Waals surface area contributed by atoms with E-state index in [1.165, 1.54) is 0 Å². The van der Waals surface area contributed by atoms with Crippen LogP contribution in [0.25, 0.3) is 0 Å². The lowest BCUT2D eigenvalue weighted by molar-refractivity contribution is -0.135. The molecule has 9 heteroatoms. The Morgan fingerprint density at radius 1 is 0.967 bits per heavy atom. The Labute approximate surface area is 174 Å². The lowest BCUT2D eigenvalue weighted by Crippen LogP contribution is -2.62. The number of carbonyl (C=O) groups is 3. The van der Waals surface area contributed by atoms with Crippen LogP contribution >= 0.6 is 0 Å². The molecular formula is C21H26N4O5. The summed E-state index contributed by atoms with van der Waals surface area (Å²) in [7, 11) is 0. The van der Waals surface area contributed by atoms with Crippen molar-refractivity contribution in [3.8, 4) is 11.5 Å². The highest BCUT2D eigenvalue weighted by Gasteiger charge is 2.44. The van der Waals surface area contributed by atoms with E-state index in [0.29, 0.717) is 50.0 Å². The van der Waals surface area contributed by atoms with E-state index in [4.69, 9.17) is 9.47 Å². The quantitative estimate of drug-likeness (QED) is 0.801. The highest BCUT2D eigenvalue weighted by Crippen LogP contribution is 2.33. The molecule has 1 atom stereocenters. The maximum absolute atomic E-state index is 12.6. The average Bonchev–Trinajstić information content (AvgIpc) is 3.37. The maximum atomic E-state index is 12.6. The summed E-state index contributed by atoms with van der Waals surface area (Å²) in [5, 5.41) is 2.87. The van der Waals surface area contributed by atoms with Gasteiger partial charge in [0.25, 0.3) is 0 Å². The summed E-state index contributed by atoms with van der Waals surface area (Å²) in [4.78, 5) is 42.9. The highest BCUT2D eigenvalue weighted by atomic mass is 16.6. The number of amides is 4. The average molecular weight is 414 g/mol. The third kappa shape index (κ3) is 3.53. The molecular weight excluding hydrogens is 388 g/mol. The van der Waals surface area contributed by atoms with Crippen molar-refractivity contribution in [3.05, 3.63) is 18.2 Å². The van der Waals surface area contributed by atoms with Crippen molar-refractivity contribution in [2.45, 2.75) is 25.3 Å². The van der Waals surface area contributed by atoms with Crippen LogP contribution in [0.5, 0.6) is 11.5 Å². The van der Waals surface area contributed by atoms with Gasteiger partial charge in [-0.25, -0.2) is 4.79 Å². The van der Waals surface area contributed by atoms with E-state index in [1.807, 2.05) is 4.90 Å². The number of urea groups is 1. The molecule has 3 saturated heterocycles. The van der Waals surface area contributed by atoms with Gasteiger partial charge in [0.1, 0.15) is 13.2 Å². The SMILES string of the molecule is O=C(Nc1ccc2c(c1)OCCO2)N1CC(N2CC(C(=O)N3CCCC3)CC2=O)C1. The Bertz CT molecular complexity index is 863. The number of likely N-dealkylation sites (tertiary alicyclic amines) is 3. The largest absolute Gasteiger partial charge is 0.486 e. The van der Waals surface area contributed by atoms with Crippen LogP contribution in [0.2, 0.25) is 0 Å². The Morgan fingerprint density at radius 3 is 2.47 bits per heavy atom. The first-order valence-electron chi connectivity index (χ1n) is 10.6. The van der Waals surface area contributed by atoms with Crippen molar-refractivity contribution < 1.29 is 23.9 Å². The molecule has 5 rings (SSSR count). The molecule has 0 aromatic heterocycles. The summed E-state index contributed by atoms with van der Waals surface area (Å²) < 4.78 is 11.0. The van der Waals surface area contributed by atoms with Gasteiger partial charge in [0.05, 0.1) is 12.0 Å². The van der Waals surface area contributed by atoms with Crippen molar-refractivity contribution in [3.63, 3.8) is 0 Å². The van der Waals surface area contributed by atoms with Gasteiger partial charge in [-0.2, -0.15) is 0 Å². The molecule has 30 heavy (non-hydrogen) atoms. The van der Waals surface area contributed by atoms with Crippen LogP contribution in [-0.2, 0) is 9.59 Å². The minimum Gasteiger partial charge on any atom is -0.486 e. The summed E-state index contributed by atoms with van der Waals surface area (Å²) in [5.41, 5.74) is 0.640. The van der Waals surface area contributed by atoms with Gasteiger partial charge in [0, 0.05) is 50.9 Å². The molecule has 0 saturated carbocycles. The van der Waals surface area contributed by atoms with Crippen LogP contribution < -0.4 is 14.8 Å². The van der Waals surface area contributed by atoms with Crippen LogP contribution in [0.4, 0.5) is 10.5 Å². The molecule has 160 valence electrons. The van der Waals surface area contributed by atoms with E-state index >= 15 is 0 Å². The molecule has 0 radical (unpaired) electrons. The second-order valence-electron chi connectivity index (χ2n) is 8.33. The lowest BCUT2D eigenvalue weighted by atomic mass is 10.1. The van der Waals surface area contributed by atoms with Crippen molar-refractivity contribution in [1.29, 1.82) is 0 Å². The van der Waals surface area contributed by atoms with Crippen LogP contribution in [-0.4, -0.2) is 84.5 Å². The van der Waals surface area contributed by atoms with Crippen molar-refractivity contribution >= 4 is 23.5 Å². The molecule has 0 aliphatic carbocycles. The van der Waals surface area contributed by atoms with E-state index in [-0.39, 0.29) is 36.2 Å². The molecule has 4 aliphatic heterocycles. The third-order valence-electron chi connectivity index (χ3n) is 6.31. The number of nitrogens with one attached hydrogen (secondary N) is 1. The summed E-state index contributed by atoms with van der Waals surface area (Å²) in [5.74, 6) is 1.18. The zero-order chi connectivity index (χ0) is 20.7. The van der Waals surface area contributed by atoms with E-state index in [9.17, 15) is 14.4 Å². The predicted molar refractivity (Wildman–Crippen MR) is 107 cm³/mol. The number of benzene rings is 1. The minimum absolute atomic E-state index is 0.0140. The molecule has 1 N–H and O–H groups in total. The topological polar surface area (TPSA) is 91.4 Å². The Kier molecular flexibility index (Phi) is 4.88. The minimum atomic E-state index is -0.240. The predicted octanol–water partition coefficient (Wildman–Crippen LogP) is 1.14. The fraction of sp³-hybridized carbons (Fsp3) is 0.571. The van der Waals surface area contributed by atoms with Gasteiger partial charge in [-0.1, -0.05) is 0 Å². The normalized spacial score (nSPS) is 23.5. The van der Waals surface area contributed by atoms with Crippen molar-refractivity contribution in [1.82, 2.24) is 14.7 Å². The lowest BCUT2D eigenvalue weighted by Gasteiger charge is -2.43. The summed E-state index contributed by atoms with van der Waals surface area (Å²) in [6.07, 6.45) is 2.38. The maximum Gasteiger partial charge on any atom is 0.321 e. The Morgan fingerprint density at radius 2 is 1.70 bits per heavy atom. The zero-order valence-corrected chi connectivity index (χ0v) is 16.8. The smallest absolute Gasteiger partial charge is 0.321 e. The number of nitrogens with zero attached hydrogens (tertiary/aromatic N) is 3. The second kappa shape index (κ2) is 7.70. The number of ether oxygens (including phenoxy) is 2. The zero-order valence-electron chi connectivity index (χ0n) is 16.8. The number of hydrogen-bond acceptors (Lipinski definition) is 5. The van der Waals surface area contributed by atoms with E-state index in [0.717, 1.165) is 25.9 Å². The fourth-order valence-corrected chi connectivity index (χ4v) is 4.59. The Balaban J connectivity index is 1.13. The number of rotatable bonds is 3. The third-order valence-corrected chi connectivity index (χ3v) is 6.31. The molecule has 0 spiro atoms. The van der Waals surface area contributed by atoms with E-state index in [2.05, 4.69) is 5.32 Å². The van der Waals surface area contributed by atoms with Gasteiger partial charge in [0.2, 0.25) is 11.8 Å². The molecule has 9 nitrogen and oxygen atoms in total. The number of fused-ring (bicyclic) bond motifs is 1. The van der Waals surface area contributed by atoms with Gasteiger partial charge >= 0.3 is 6.03 Å². The highest BCUT2D eigenvalue weighted by molar-refractivity contribution is 5.92. The number of hydrogen-bond donors (Lipinski definition) is 1. The van der Waals surface area contributed by atoms with E-state index < -0.39 is 0 Å². The molecule has 4 aliphatic rings. The molecule has 0 bridgehead atoms. The van der Waals surface area contributed by atoms with Gasteiger partial charge in [-0.15, -0.1) is 0 Å². The molecule has 4 amide bonds. The summed E-state index contributed by atoms with van der Waals surface area (Å²) in [6, 6.07) is 5.09. The van der Waals surface area contributed by atoms with Gasteiger partial charge < -0.3 is 29.5 Å². The van der Waals surface area contributed by atoms with Crippen LogP contribution in [0.3, 0.4) is 0 Å². The summed E-state index contributed by atoms with van der Waals surface area (Å²) in [6.45, 7) is 4.05. The molecule has 3 fully saturated rings. The standard InChI is InChI=1S/C21H26N4O5/c26-19-9-14(20(27)23-5-1-2-6-23)11-25(19)16-12-24(13-16)21(28)22-15-3-4-17-18(10-15)30-8-7-29-17/h3-4,10,14,16H,1-2,5-9,11-13H2,(H,22,28). The van der Waals surface area contributed by atoms with Gasteiger partial charge in [-0.05, 0) is 25.0 Å².